The molecule has 0 radical (unpaired) electrons. The summed E-state index contributed by atoms with van der Waals surface area (Å²) in [6, 6.07) is 12.2. The summed E-state index contributed by atoms with van der Waals surface area (Å²) in [6.45, 7) is 4.49. The Balaban J connectivity index is 1.61. The standard InChI is InChI=1S/C20H23ClN2O3S/c1-14-3-7-18(8-4-14)27(25,26)23-11-9-16(10-12-23)20(24)22-17-6-5-15(2)19(21)13-17/h3-8,13,16H,9-12H2,1-2H3,(H,22,24). The van der Waals surface area contributed by atoms with Gasteiger partial charge in [-0.2, -0.15) is 4.31 Å². The third-order valence-corrected chi connectivity index (χ3v) is 7.24. The van der Waals surface area contributed by atoms with Gasteiger partial charge in [-0.25, -0.2) is 8.42 Å². The zero-order chi connectivity index (χ0) is 19.6. The molecule has 0 aliphatic carbocycles. The van der Waals surface area contributed by atoms with E-state index in [1.807, 2.05) is 26.0 Å². The van der Waals surface area contributed by atoms with Crippen LogP contribution >= 0.6 is 11.6 Å². The van der Waals surface area contributed by atoms with E-state index in [2.05, 4.69) is 5.32 Å². The molecule has 0 atom stereocenters. The molecule has 0 bridgehead atoms. The van der Waals surface area contributed by atoms with Crippen molar-refractivity contribution in [1.82, 2.24) is 4.31 Å². The highest BCUT2D eigenvalue weighted by atomic mass is 35.5. The second kappa shape index (κ2) is 8.00. The molecule has 2 aromatic carbocycles. The molecule has 1 N–H and O–H groups in total. The number of benzene rings is 2. The molecule has 1 amide bonds. The monoisotopic (exact) mass is 406 g/mol. The smallest absolute Gasteiger partial charge is 0.243 e. The molecule has 0 saturated carbocycles. The first-order valence-electron chi connectivity index (χ1n) is 8.91. The summed E-state index contributed by atoms with van der Waals surface area (Å²) in [7, 11) is -3.51. The number of amides is 1. The van der Waals surface area contributed by atoms with E-state index >= 15 is 0 Å². The van der Waals surface area contributed by atoms with Gasteiger partial charge in [0.1, 0.15) is 0 Å². The zero-order valence-corrected chi connectivity index (χ0v) is 17.0. The number of nitrogens with zero attached hydrogens (tertiary/aromatic N) is 1. The minimum Gasteiger partial charge on any atom is -0.326 e. The fraction of sp³-hybridized carbons (Fsp3) is 0.350. The van der Waals surface area contributed by atoms with E-state index in [9.17, 15) is 13.2 Å². The Morgan fingerprint density at radius 1 is 1.07 bits per heavy atom. The van der Waals surface area contributed by atoms with Gasteiger partial charge in [0.2, 0.25) is 15.9 Å². The highest BCUT2D eigenvalue weighted by molar-refractivity contribution is 7.89. The number of rotatable bonds is 4. The number of nitrogens with one attached hydrogen (secondary N) is 1. The van der Waals surface area contributed by atoms with Crippen molar-refractivity contribution in [3.05, 3.63) is 58.6 Å². The van der Waals surface area contributed by atoms with E-state index in [-0.39, 0.29) is 11.8 Å². The predicted octanol–water partition coefficient (Wildman–Crippen LogP) is 4.00. The lowest BCUT2D eigenvalue weighted by Gasteiger charge is -2.30. The van der Waals surface area contributed by atoms with Gasteiger partial charge >= 0.3 is 0 Å². The lowest BCUT2D eigenvalue weighted by atomic mass is 9.97. The molecule has 0 aromatic heterocycles. The number of hydrogen-bond donors (Lipinski definition) is 1. The second-order valence-electron chi connectivity index (χ2n) is 6.94. The van der Waals surface area contributed by atoms with Crippen LogP contribution in [0, 0.1) is 19.8 Å². The molecule has 1 fully saturated rings. The Morgan fingerprint density at radius 3 is 2.30 bits per heavy atom. The topological polar surface area (TPSA) is 66.5 Å². The maximum absolute atomic E-state index is 12.7. The van der Waals surface area contributed by atoms with E-state index < -0.39 is 10.0 Å². The van der Waals surface area contributed by atoms with E-state index in [0.29, 0.717) is 41.5 Å². The van der Waals surface area contributed by atoms with Gasteiger partial charge in [-0.1, -0.05) is 35.4 Å². The number of sulfonamides is 1. The van der Waals surface area contributed by atoms with Gasteiger partial charge in [0.15, 0.2) is 0 Å². The van der Waals surface area contributed by atoms with Crippen molar-refractivity contribution in [3.63, 3.8) is 0 Å². The summed E-state index contributed by atoms with van der Waals surface area (Å²) in [5, 5.41) is 3.48. The number of piperidine rings is 1. The van der Waals surface area contributed by atoms with Crippen LogP contribution in [0.3, 0.4) is 0 Å². The third kappa shape index (κ3) is 4.51. The van der Waals surface area contributed by atoms with Crippen molar-refractivity contribution >= 4 is 33.2 Å². The van der Waals surface area contributed by atoms with Crippen LogP contribution in [0.15, 0.2) is 47.4 Å². The zero-order valence-electron chi connectivity index (χ0n) is 15.4. The van der Waals surface area contributed by atoms with Crippen LogP contribution < -0.4 is 5.32 Å². The Bertz CT molecular complexity index is 934. The van der Waals surface area contributed by atoms with Gasteiger partial charge in [-0.15, -0.1) is 0 Å². The average Bonchev–Trinajstić information content (AvgIpc) is 2.65. The molecule has 0 unspecified atom stereocenters. The van der Waals surface area contributed by atoms with Crippen LogP contribution in [0.2, 0.25) is 5.02 Å². The lowest BCUT2D eigenvalue weighted by Crippen LogP contribution is -2.41. The fourth-order valence-corrected chi connectivity index (χ4v) is 4.78. The molecular weight excluding hydrogens is 384 g/mol. The van der Waals surface area contributed by atoms with Crippen LogP contribution in [-0.2, 0) is 14.8 Å². The van der Waals surface area contributed by atoms with Crippen molar-refractivity contribution in [2.75, 3.05) is 18.4 Å². The van der Waals surface area contributed by atoms with Crippen molar-refractivity contribution in [1.29, 1.82) is 0 Å². The number of aryl methyl sites for hydroxylation is 2. The predicted molar refractivity (Wildman–Crippen MR) is 107 cm³/mol. The Hall–Kier alpha value is -1.89. The maximum atomic E-state index is 12.7. The van der Waals surface area contributed by atoms with Gasteiger partial charge in [0, 0.05) is 29.7 Å². The summed E-state index contributed by atoms with van der Waals surface area (Å²) in [4.78, 5) is 12.8. The molecule has 3 rings (SSSR count). The van der Waals surface area contributed by atoms with Crippen LogP contribution in [0.4, 0.5) is 5.69 Å². The number of hydrogen-bond acceptors (Lipinski definition) is 3. The highest BCUT2D eigenvalue weighted by Gasteiger charge is 2.32. The molecule has 27 heavy (non-hydrogen) atoms. The van der Waals surface area contributed by atoms with Gasteiger partial charge in [0.05, 0.1) is 4.90 Å². The van der Waals surface area contributed by atoms with Crippen molar-refractivity contribution in [3.8, 4) is 0 Å². The first kappa shape index (κ1) is 19.9. The lowest BCUT2D eigenvalue weighted by molar-refractivity contribution is -0.120. The summed E-state index contributed by atoms with van der Waals surface area (Å²) >= 11 is 6.10. The molecule has 7 heteroatoms. The summed E-state index contributed by atoms with van der Waals surface area (Å²) in [5.74, 6) is -0.308. The first-order chi connectivity index (χ1) is 12.8. The summed E-state index contributed by atoms with van der Waals surface area (Å²) in [6.07, 6.45) is 0.993. The molecule has 1 saturated heterocycles. The number of carbonyl (C=O) groups is 1. The normalized spacial score (nSPS) is 16.3. The van der Waals surface area contributed by atoms with E-state index in [1.165, 1.54) is 4.31 Å². The Morgan fingerprint density at radius 2 is 1.70 bits per heavy atom. The largest absolute Gasteiger partial charge is 0.326 e. The van der Waals surface area contributed by atoms with Crippen molar-refractivity contribution in [2.45, 2.75) is 31.6 Å². The summed E-state index contributed by atoms with van der Waals surface area (Å²) < 4.78 is 27.0. The molecule has 5 nitrogen and oxygen atoms in total. The molecule has 144 valence electrons. The molecule has 0 spiro atoms. The Labute approximate surface area is 165 Å². The van der Waals surface area contributed by atoms with Gasteiger partial charge in [-0.05, 0) is 56.5 Å². The number of carbonyl (C=O) groups excluding carboxylic acids is 1. The quantitative estimate of drug-likeness (QED) is 0.834. The number of halogens is 1. The Kier molecular flexibility index (Phi) is 5.89. The van der Waals surface area contributed by atoms with Crippen LogP contribution in [0.1, 0.15) is 24.0 Å². The summed E-state index contributed by atoms with van der Waals surface area (Å²) in [5.41, 5.74) is 2.62. The SMILES string of the molecule is Cc1ccc(S(=O)(=O)N2CCC(C(=O)Nc3ccc(C)c(Cl)c3)CC2)cc1. The maximum Gasteiger partial charge on any atom is 0.243 e. The molecule has 1 aliphatic heterocycles. The minimum atomic E-state index is -3.51. The van der Waals surface area contributed by atoms with E-state index in [4.69, 9.17) is 11.6 Å². The van der Waals surface area contributed by atoms with Crippen molar-refractivity contribution < 1.29 is 13.2 Å². The van der Waals surface area contributed by atoms with E-state index in [0.717, 1.165) is 11.1 Å². The van der Waals surface area contributed by atoms with Gasteiger partial charge in [-0.3, -0.25) is 4.79 Å². The average molecular weight is 407 g/mol. The number of anilines is 1. The first-order valence-corrected chi connectivity index (χ1v) is 10.7. The molecule has 1 heterocycles. The third-order valence-electron chi connectivity index (χ3n) is 4.92. The molecule has 2 aromatic rings. The minimum absolute atomic E-state index is 0.0951. The second-order valence-corrected chi connectivity index (χ2v) is 9.29. The van der Waals surface area contributed by atoms with Crippen LogP contribution in [-0.4, -0.2) is 31.7 Å². The van der Waals surface area contributed by atoms with Gasteiger partial charge < -0.3 is 5.32 Å². The fourth-order valence-electron chi connectivity index (χ4n) is 3.13. The van der Waals surface area contributed by atoms with Crippen LogP contribution in [0.5, 0.6) is 0 Å². The molecular formula is C20H23ClN2O3S. The van der Waals surface area contributed by atoms with Crippen molar-refractivity contribution in [2.24, 2.45) is 5.92 Å². The molecule has 1 aliphatic rings. The van der Waals surface area contributed by atoms with Gasteiger partial charge in [0.25, 0.3) is 0 Å². The highest BCUT2D eigenvalue weighted by Crippen LogP contribution is 2.26. The van der Waals surface area contributed by atoms with E-state index in [1.54, 1.807) is 30.3 Å². The van der Waals surface area contributed by atoms with Crippen LogP contribution in [0.25, 0.3) is 0 Å².